The van der Waals surface area contributed by atoms with Gasteiger partial charge in [-0.15, -0.1) is 0 Å². The first-order valence-electron chi connectivity index (χ1n) is 9.60. The zero-order valence-corrected chi connectivity index (χ0v) is 17.3. The topological polar surface area (TPSA) is 58.0 Å². The molecule has 1 amide bonds. The molecule has 1 aliphatic rings. The van der Waals surface area contributed by atoms with Crippen LogP contribution < -0.4 is 10.2 Å². The van der Waals surface area contributed by atoms with Crippen molar-refractivity contribution in [2.45, 2.75) is 6.61 Å². The molecule has 0 unspecified atom stereocenters. The highest BCUT2D eigenvalue weighted by atomic mass is 35.5. The fourth-order valence-electron chi connectivity index (χ4n) is 3.68. The summed E-state index contributed by atoms with van der Waals surface area (Å²) in [6.07, 6.45) is 0. The maximum absolute atomic E-state index is 13.1. The number of hydrogen-bond donors (Lipinski definition) is 1. The number of likely N-dealkylation sites (N-methyl/N-ethyl adjacent to an activating group) is 1. The Hall–Kier alpha value is -2.54. The highest BCUT2D eigenvalue weighted by Crippen LogP contribution is 2.32. The van der Waals surface area contributed by atoms with E-state index >= 15 is 0 Å². The van der Waals surface area contributed by atoms with Gasteiger partial charge in [0.15, 0.2) is 5.76 Å². The molecule has 0 spiro atoms. The number of ether oxygens (including phenoxy) is 1. The molecule has 29 heavy (non-hydrogen) atoms. The van der Waals surface area contributed by atoms with Gasteiger partial charge >= 0.3 is 0 Å². The lowest BCUT2D eigenvalue weighted by molar-refractivity contribution is 0.0992. The molecule has 3 aromatic rings. The average Bonchev–Trinajstić information content (AvgIpc) is 3.08. The van der Waals surface area contributed by atoms with Gasteiger partial charge in [-0.3, -0.25) is 4.79 Å². The molecule has 1 saturated heterocycles. The van der Waals surface area contributed by atoms with Crippen LogP contribution in [0.2, 0.25) is 5.02 Å². The second-order valence-corrected chi connectivity index (χ2v) is 7.68. The number of benzene rings is 2. The largest absolute Gasteiger partial charge is 0.451 e. The number of carbonyl (C=O) groups excluding carboxylic acids is 1. The Labute approximate surface area is 175 Å². The highest BCUT2D eigenvalue weighted by Gasteiger charge is 2.23. The lowest BCUT2D eigenvalue weighted by atomic mass is 10.1. The lowest BCUT2D eigenvalue weighted by Crippen LogP contribution is -2.44. The van der Waals surface area contributed by atoms with E-state index in [-0.39, 0.29) is 11.7 Å². The summed E-state index contributed by atoms with van der Waals surface area (Å²) in [6.45, 7) is 4.01. The van der Waals surface area contributed by atoms with Gasteiger partial charge in [-0.05, 0) is 31.3 Å². The lowest BCUT2D eigenvalue weighted by Gasteiger charge is -2.35. The van der Waals surface area contributed by atoms with Gasteiger partial charge < -0.3 is 24.3 Å². The second-order valence-electron chi connectivity index (χ2n) is 7.24. The summed E-state index contributed by atoms with van der Waals surface area (Å²) >= 11 is 6.23. The molecule has 1 aliphatic heterocycles. The number of amides is 1. The Kier molecular flexibility index (Phi) is 5.76. The van der Waals surface area contributed by atoms with Crippen LogP contribution in [0.25, 0.3) is 11.0 Å². The zero-order valence-electron chi connectivity index (χ0n) is 16.6. The van der Waals surface area contributed by atoms with Crippen molar-refractivity contribution in [3.8, 4) is 0 Å². The first-order valence-corrected chi connectivity index (χ1v) is 9.98. The Balaban J connectivity index is 1.66. The SMILES string of the molecule is COCc1c(C(=O)Nc2cc(Cl)ccc2N2CCN(C)CC2)oc2ccccc12. The van der Waals surface area contributed by atoms with Gasteiger partial charge in [-0.25, -0.2) is 0 Å². The molecule has 4 rings (SSSR count). The third-order valence-corrected chi connectivity index (χ3v) is 5.48. The van der Waals surface area contributed by atoms with Crippen LogP contribution in [0.5, 0.6) is 0 Å². The third-order valence-electron chi connectivity index (χ3n) is 5.24. The van der Waals surface area contributed by atoms with Crippen molar-refractivity contribution < 1.29 is 13.9 Å². The minimum absolute atomic E-state index is 0.261. The van der Waals surface area contributed by atoms with Crippen molar-refractivity contribution >= 4 is 39.9 Å². The molecule has 7 heteroatoms. The molecule has 0 bridgehead atoms. The Morgan fingerprint density at radius 1 is 1.17 bits per heavy atom. The van der Waals surface area contributed by atoms with Crippen molar-refractivity contribution in [2.75, 3.05) is 50.6 Å². The summed E-state index contributed by atoms with van der Waals surface area (Å²) in [4.78, 5) is 17.7. The minimum Gasteiger partial charge on any atom is -0.451 e. The van der Waals surface area contributed by atoms with Crippen LogP contribution in [0.4, 0.5) is 11.4 Å². The molecule has 1 N–H and O–H groups in total. The summed E-state index contributed by atoms with van der Waals surface area (Å²) < 4.78 is 11.2. The van der Waals surface area contributed by atoms with Gasteiger partial charge in [0.25, 0.3) is 5.91 Å². The monoisotopic (exact) mass is 413 g/mol. The van der Waals surface area contributed by atoms with Crippen molar-refractivity contribution in [1.29, 1.82) is 0 Å². The van der Waals surface area contributed by atoms with Crippen molar-refractivity contribution in [3.05, 3.63) is 58.8 Å². The van der Waals surface area contributed by atoms with Crippen LogP contribution in [0, 0.1) is 0 Å². The van der Waals surface area contributed by atoms with Crippen LogP contribution in [0.15, 0.2) is 46.9 Å². The van der Waals surface area contributed by atoms with Crippen molar-refractivity contribution in [3.63, 3.8) is 0 Å². The number of para-hydroxylation sites is 1. The number of methoxy groups -OCH3 is 1. The Morgan fingerprint density at radius 2 is 1.93 bits per heavy atom. The van der Waals surface area contributed by atoms with E-state index in [9.17, 15) is 4.79 Å². The molecular formula is C22H24ClN3O3. The van der Waals surface area contributed by atoms with Gasteiger partial charge in [0.1, 0.15) is 5.58 Å². The fourth-order valence-corrected chi connectivity index (χ4v) is 3.85. The van der Waals surface area contributed by atoms with Gasteiger partial charge in [0, 0.05) is 49.3 Å². The number of anilines is 2. The van der Waals surface area contributed by atoms with E-state index in [4.69, 9.17) is 20.8 Å². The molecule has 6 nitrogen and oxygen atoms in total. The second kappa shape index (κ2) is 8.45. The van der Waals surface area contributed by atoms with E-state index in [0.717, 1.165) is 42.8 Å². The first kappa shape index (κ1) is 19.8. The molecule has 0 aliphatic carbocycles. The van der Waals surface area contributed by atoms with Gasteiger partial charge in [0.2, 0.25) is 0 Å². The quantitative estimate of drug-likeness (QED) is 0.678. The minimum atomic E-state index is -0.314. The first-order chi connectivity index (χ1) is 14.1. The van der Waals surface area contributed by atoms with E-state index in [1.54, 1.807) is 13.2 Å². The number of halogens is 1. The number of fused-ring (bicyclic) bond motifs is 1. The Bertz CT molecular complexity index is 1030. The normalized spacial score (nSPS) is 15.1. The van der Waals surface area contributed by atoms with E-state index in [1.165, 1.54) is 0 Å². The molecule has 0 radical (unpaired) electrons. The third kappa shape index (κ3) is 4.10. The molecule has 1 aromatic heterocycles. The molecule has 1 fully saturated rings. The van der Waals surface area contributed by atoms with E-state index in [1.807, 2.05) is 36.4 Å². The summed E-state index contributed by atoms with van der Waals surface area (Å²) in [5.74, 6) is -0.0525. The molecular weight excluding hydrogens is 390 g/mol. The predicted octanol–water partition coefficient (Wildman–Crippen LogP) is 4.24. The van der Waals surface area contributed by atoms with Crippen LogP contribution in [0.3, 0.4) is 0 Å². The van der Waals surface area contributed by atoms with E-state index in [2.05, 4.69) is 22.2 Å². The van der Waals surface area contributed by atoms with Crippen LogP contribution in [-0.2, 0) is 11.3 Å². The average molecular weight is 414 g/mol. The number of furan rings is 1. The summed E-state index contributed by atoms with van der Waals surface area (Å²) in [5.41, 5.74) is 3.04. The van der Waals surface area contributed by atoms with Crippen molar-refractivity contribution in [2.24, 2.45) is 0 Å². The molecule has 152 valence electrons. The van der Waals surface area contributed by atoms with E-state index in [0.29, 0.717) is 22.9 Å². The number of rotatable bonds is 5. The molecule has 2 heterocycles. The van der Waals surface area contributed by atoms with E-state index < -0.39 is 0 Å². The fraction of sp³-hybridized carbons (Fsp3) is 0.318. The maximum Gasteiger partial charge on any atom is 0.291 e. The van der Waals surface area contributed by atoms with Gasteiger partial charge in [-0.2, -0.15) is 0 Å². The molecule has 2 aromatic carbocycles. The molecule has 0 saturated carbocycles. The number of nitrogens with zero attached hydrogens (tertiary/aromatic N) is 2. The maximum atomic E-state index is 13.1. The highest BCUT2D eigenvalue weighted by molar-refractivity contribution is 6.31. The standard InChI is InChI=1S/C22H24ClN3O3/c1-25-9-11-26(12-10-25)19-8-7-15(23)13-18(19)24-22(27)21-17(14-28-2)16-5-3-4-6-20(16)29-21/h3-8,13H,9-12,14H2,1-2H3,(H,24,27). The van der Waals surface area contributed by atoms with Gasteiger partial charge in [0.05, 0.1) is 18.0 Å². The Morgan fingerprint density at radius 3 is 2.69 bits per heavy atom. The van der Waals surface area contributed by atoms with Crippen LogP contribution in [-0.4, -0.2) is 51.1 Å². The molecule has 0 atom stereocenters. The zero-order chi connectivity index (χ0) is 20.4. The number of piperazine rings is 1. The van der Waals surface area contributed by atoms with Crippen LogP contribution in [0.1, 0.15) is 16.1 Å². The predicted molar refractivity (Wildman–Crippen MR) is 116 cm³/mol. The van der Waals surface area contributed by atoms with Crippen molar-refractivity contribution in [1.82, 2.24) is 4.90 Å². The van der Waals surface area contributed by atoms with Gasteiger partial charge in [-0.1, -0.05) is 29.8 Å². The number of hydrogen-bond acceptors (Lipinski definition) is 5. The number of carbonyl (C=O) groups is 1. The van der Waals surface area contributed by atoms with Crippen LogP contribution >= 0.6 is 11.6 Å². The summed E-state index contributed by atoms with van der Waals surface area (Å²) in [7, 11) is 3.71. The summed E-state index contributed by atoms with van der Waals surface area (Å²) in [5, 5.41) is 4.46. The summed E-state index contributed by atoms with van der Waals surface area (Å²) in [6, 6.07) is 13.2. The smallest absolute Gasteiger partial charge is 0.291 e. The number of nitrogens with one attached hydrogen (secondary N) is 1.